The van der Waals surface area contributed by atoms with Gasteiger partial charge in [-0.05, 0) is 37.5 Å². The summed E-state index contributed by atoms with van der Waals surface area (Å²) in [6.45, 7) is 6.60. The van der Waals surface area contributed by atoms with Crippen molar-refractivity contribution < 1.29 is 4.79 Å². The number of H-pyrrole nitrogens is 1. The molecule has 6 nitrogen and oxygen atoms in total. The third-order valence-electron chi connectivity index (χ3n) is 5.41. The number of thioether (sulfide) groups is 1. The van der Waals surface area contributed by atoms with E-state index in [0.29, 0.717) is 12.6 Å². The number of rotatable bonds is 3. The van der Waals surface area contributed by atoms with Gasteiger partial charge in [-0.1, -0.05) is 6.07 Å². The molecular weight excluding hydrogens is 346 g/mol. The van der Waals surface area contributed by atoms with Crippen molar-refractivity contribution in [1.29, 1.82) is 0 Å². The number of imidazole rings is 1. The third-order valence-corrected chi connectivity index (χ3v) is 6.35. The lowest BCUT2D eigenvalue weighted by atomic mass is 10.0. The second-order valence-corrected chi connectivity index (χ2v) is 8.45. The first-order valence-electron chi connectivity index (χ1n) is 9.49. The predicted molar refractivity (Wildman–Crippen MR) is 107 cm³/mol. The van der Waals surface area contributed by atoms with Crippen LogP contribution in [0.3, 0.4) is 0 Å². The van der Waals surface area contributed by atoms with Gasteiger partial charge in [0.15, 0.2) is 0 Å². The van der Waals surface area contributed by atoms with Gasteiger partial charge in [0, 0.05) is 43.7 Å². The van der Waals surface area contributed by atoms with Crippen molar-refractivity contribution >= 4 is 28.8 Å². The second kappa shape index (κ2) is 7.88. The van der Waals surface area contributed by atoms with Crippen LogP contribution in [-0.2, 0) is 6.54 Å². The lowest BCUT2D eigenvalue weighted by molar-refractivity contribution is 0.124. The highest BCUT2D eigenvalue weighted by Crippen LogP contribution is 2.20. The summed E-state index contributed by atoms with van der Waals surface area (Å²) < 4.78 is 0. The molecule has 1 aromatic heterocycles. The molecule has 2 fully saturated rings. The second-order valence-electron chi connectivity index (χ2n) is 7.23. The zero-order chi connectivity index (χ0) is 17.9. The smallest absolute Gasteiger partial charge is 0.317 e. The van der Waals surface area contributed by atoms with E-state index < -0.39 is 0 Å². The fraction of sp³-hybridized carbons (Fsp3) is 0.579. The van der Waals surface area contributed by atoms with Crippen LogP contribution in [0.5, 0.6) is 0 Å². The van der Waals surface area contributed by atoms with Crippen LogP contribution in [0.25, 0.3) is 11.0 Å². The van der Waals surface area contributed by atoms with E-state index in [-0.39, 0.29) is 6.03 Å². The number of hydrogen-bond acceptors (Lipinski definition) is 4. The highest BCUT2D eigenvalue weighted by atomic mass is 32.2. The van der Waals surface area contributed by atoms with Crippen LogP contribution in [0.1, 0.15) is 24.2 Å². The number of carbonyl (C=O) groups is 1. The van der Waals surface area contributed by atoms with Gasteiger partial charge in [0.1, 0.15) is 5.82 Å². The topological polar surface area (TPSA) is 64.3 Å². The first-order chi connectivity index (χ1) is 12.7. The Labute approximate surface area is 158 Å². The molecule has 7 heteroatoms. The lowest BCUT2D eigenvalue weighted by Crippen LogP contribution is -2.51. The number of aryl methyl sites for hydroxylation is 1. The molecule has 0 atom stereocenters. The average Bonchev–Trinajstić information content (AvgIpc) is 3.09. The van der Waals surface area contributed by atoms with Crippen LogP contribution in [-0.4, -0.2) is 69.5 Å². The van der Waals surface area contributed by atoms with E-state index >= 15 is 0 Å². The molecule has 0 spiro atoms. The molecule has 2 aliphatic rings. The van der Waals surface area contributed by atoms with Gasteiger partial charge in [-0.3, -0.25) is 4.90 Å². The van der Waals surface area contributed by atoms with Crippen molar-refractivity contribution in [3.8, 4) is 0 Å². The Morgan fingerprint density at radius 3 is 2.81 bits per heavy atom. The number of nitrogens with one attached hydrogen (secondary N) is 2. The summed E-state index contributed by atoms with van der Waals surface area (Å²) in [6.07, 6.45) is 2.17. The Kier molecular flexibility index (Phi) is 5.36. The minimum atomic E-state index is 0.0225. The number of carbonyl (C=O) groups excluding carboxylic acids is 1. The van der Waals surface area contributed by atoms with Crippen molar-refractivity contribution in [2.75, 3.05) is 37.7 Å². The Morgan fingerprint density at radius 1 is 1.27 bits per heavy atom. The third kappa shape index (κ3) is 3.99. The number of fused-ring (bicyclic) bond motifs is 1. The molecular formula is C19H27N5OS. The number of benzene rings is 1. The van der Waals surface area contributed by atoms with Crippen LogP contribution in [0.4, 0.5) is 4.79 Å². The van der Waals surface area contributed by atoms with Crippen LogP contribution < -0.4 is 5.32 Å². The lowest BCUT2D eigenvalue weighted by Gasteiger charge is -2.40. The van der Waals surface area contributed by atoms with Crippen molar-refractivity contribution in [1.82, 2.24) is 25.1 Å². The average molecular weight is 374 g/mol. The highest BCUT2D eigenvalue weighted by molar-refractivity contribution is 7.99. The number of likely N-dealkylation sites (tertiary alicyclic amines) is 1. The Hall–Kier alpha value is -1.73. The molecule has 2 aromatic rings. The molecule has 0 unspecified atom stereocenters. The van der Waals surface area contributed by atoms with E-state index in [0.717, 1.165) is 42.8 Å². The van der Waals surface area contributed by atoms with E-state index in [1.54, 1.807) is 0 Å². The summed E-state index contributed by atoms with van der Waals surface area (Å²) in [5, 5.41) is 3.01. The van der Waals surface area contributed by atoms with E-state index in [2.05, 4.69) is 39.2 Å². The Balaban J connectivity index is 1.27. The van der Waals surface area contributed by atoms with Crippen LogP contribution in [0.15, 0.2) is 18.2 Å². The minimum absolute atomic E-state index is 0.0225. The van der Waals surface area contributed by atoms with Gasteiger partial charge in [0.25, 0.3) is 0 Å². The van der Waals surface area contributed by atoms with Gasteiger partial charge in [0.2, 0.25) is 0 Å². The SMILES string of the molecule is Cc1ccc2nc(CNC(=O)N3CCC(N4CCSCC4)CC3)[nH]c2c1. The first kappa shape index (κ1) is 17.7. The summed E-state index contributed by atoms with van der Waals surface area (Å²) in [7, 11) is 0. The normalized spacial score (nSPS) is 19.8. The summed E-state index contributed by atoms with van der Waals surface area (Å²) in [5.41, 5.74) is 3.17. The number of aromatic amines is 1. The van der Waals surface area contributed by atoms with Gasteiger partial charge in [0.05, 0.1) is 17.6 Å². The molecule has 0 aliphatic carbocycles. The number of hydrogen-bond donors (Lipinski definition) is 2. The summed E-state index contributed by atoms with van der Waals surface area (Å²) >= 11 is 2.05. The summed E-state index contributed by atoms with van der Waals surface area (Å²) in [4.78, 5) is 24.9. The predicted octanol–water partition coefficient (Wildman–Crippen LogP) is 2.59. The maximum Gasteiger partial charge on any atom is 0.317 e. The quantitative estimate of drug-likeness (QED) is 0.868. The van der Waals surface area contributed by atoms with Gasteiger partial charge < -0.3 is 15.2 Å². The van der Waals surface area contributed by atoms with Gasteiger partial charge in [-0.15, -0.1) is 0 Å². The zero-order valence-electron chi connectivity index (χ0n) is 15.3. The molecule has 2 aliphatic heterocycles. The van der Waals surface area contributed by atoms with Crippen molar-refractivity contribution in [3.63, 3.8) is 0 Å². The molecule has 3 heterocycles. The van der Waals surface area contributed by atoms with Crippen molar-refractivity contribution in [2.24, 2.45) is 0 Å². The number of amides is 2. The van der Waals surface area contributed by atoms with Crippen LogP contribution >= 0.6 is 11.8 Å². The van der Waals surface area contributed by atoms with Gasteiger partial charge >= 0.3 is 6.03 Å². The van der Waals surface area contributed by atoms with E-state index in [9.17, 15) is 4.79 Å². The molecule has 2 saturated heterocycles. The summed E-state index contributed by atoms with van der Waals surface area (Å²) in [5.74, 6) is 3.30. The molecule has 4 rings (SSSR count). The molecule has 0 radical (unpaired) electrons. The van der Waals surface area contributed by atoms with Gasteiger partial charge in [-0.25, -0.2) is 9.78 Å². The molecule has 1 aromatic carbocycles. The standard InChI is InChI=1S/C19H27N5OS/c1-14-2-3-16-17(12-14)22-18(21-16)13-20-19(25)24-6-4-15(5-7-24)23-8-10-26-11-9-23/h2-3,12,15H,4-11,13H2,1H3,(H,20,25)(H,21,22). The Morgan fingerprint density at radius 2 is 2.04 bits per heavy atom. The van der Waals surface area contributed by atoms with Crippen LogP contribution in [0.2, 0.25) is 0 Å². The van der Waals surface area contributed by atoms with Gasteiger partial charge in [-0.2, -0.15) is 11.8 Å². The maximum atomic E-state index is 12.5. The molecule has 26 heavy (non-hydrogen) atoms. The number of nitrogens with zero attached hydrogens (tertiary/aromatic N) is 3. The van der Waals surface area contributed by atoms with Crippen molar-refractivity contribution in [3.05, 3.63) is 29.6 Å². The fourth-order valence-corrected chi connectivity index (χ4v) is 4.84. The number of urea groups is 1. The Bertz CT molecular complexity index is 762. The molecule has 140 valence electrons. The molecule has 0 bridgehead atoms. The fourth-order valence-electron chi connectivity index (χ4n) is 3.91. The molecule has 2 amide bonds. The molecule has 0 saturated carbocycles. The largest absolute Gasteiger partial charge is 0.340 e. The van der Waals surface area contributed by atoms with E-state index in [1.807, 2.05) is 22.7 Å². The maximum absolute atomic E-state index is 12.5. The zero-order valence-corrected chi connectivity index (χ0v) is 16.1. The minimum Gasteiger partial charge on any atom is -0.340 e. The van der Waals surface area contributed by atoms with E-state index in [4.69, 9.17) is 0 Å². The monoisotopic (exact) mass is 373 g/mol. The molecule has 2 N–H and O–H groups in total. The van der Waals surface area contributed by atoms with Crippen LogP contribution in [0, 0.1) is 6.92 Å². The summed E-state index contributed by atoms with van der Waals surface area (Å²) in [6, 6.07) is 6.82. The highest BCUT2D eigenvalue weighted by Gasteiger charge is 2.27. The number of aromatic nitrogens is 2. The van der Waals surface area contributed by atoms with Crippen molar-refractivity contribution in [2.45, 2.75) is 32.4 Å². The van der Waals surface area contributed by atoms with E-state index in [1.165, 1.54) is 30.2 Å². The number of piperidine rings is 1. The first-order valence-corrected chi connectivity index (χ1v) is 10.6.